The second kappa shape index (κ2) is 6.43. The van der Waals surface area contributed by atoms with Gasteiger partial charge in [0.2, 0.25) is 5.69 Å². The van der Waals surface area contributed by atoms with E-state index in [0.29, 0.717) is 0 Å². The molecule has 1 aromatic heterocycles. The smallest absolute Gasteiger partial charge is 0.228 e. The Labute approximate surface area is 190 Å². The third kappa shape index (κ3) is 2.55. The van der Waals surface area contributed by atoms with Crippen LogP contribution in [0.5, 0.6) is 11.5 Å². The fourth-order valence-corrected chi connectivity index (χ4v) is 6.53. The summed E-state index contributed by atoms with van der Waals surface area (Å²) in [6, 6.07) is 20.2. The van der Waals surface area contributed by atoms with Crippen LogP contribution in [0.2, 0.25) is 19.6 Å². The highest BCUT2D eigenvalue weighted by Gasteiger charge is 2.32. The van der Waals surface area contributed by atoms with Gasteiger partial charge in [-0.3, -0.25) is 0 Å². The van der Waals surface area contributed by atoms with Crippen molar-refractivity contribution in [1.29, 1.82) is 0 Å². The molecule has 0 bridgehead atoms. The summed E-state index contributed by atoms with van der Waals surface area (Å²) in [5, 5.41) is 9.13. The van der Waals surface area contributed by atoms with Crippen LogP contribution in [-0.4, -0.2) is 8.07 Å². The highest BCUT2D eigenvalue weighted by atomic mass is 28.3. The van der Waals surface area contributed by atoms with Gasteiger partial charge in [0.15, 0.2) is 6.20 Å². The zero-order chi connectivity index (χ0) is 22.4. The Balaban J connectivity index is 1.80. The minimum Gasteiger partial charge on any atom is -0.455 e. The number of pyridine rings is 1. The summed E-state index contributed by atoms with van der Waals surface area (Å²) in [7, 11) is 0.742. The fourth-order valence-electron chi connectivity index (χ4n) is 5.37. The average Bonchev–Trinajstić information content (AvgIpc) is 2.77. The van der Waals surface area contributed by atoms with Gasteiger partial charge in [0.05, 0.1) is 19.0 Å². The van der Waals surface area contributed by atoms with Crippen LogP contribution >= 0.6 is 0 Å². The SMILES string of the molecule is Cc1c2c(c(C)c3ccccc13)-c1c3c(cc4ccc([Si](C)(C)C)cc4c3cc[n+]1C)O2. The number of benzene rings is 4. The Kier molecular flexibility index (Phi) is 3.92. The normalized spacial score (nSPS) is 12.9. The molecule has 0 unspecified atom stereocenters. The summed E-state index contributed by atoms with van der Waals surface area (Å²) in [4.78, 5) is 0. The van der Waals surface area contributed by atoms with Crippen LogP contribution in [0.15, 0.2) is 60.8 Å². The molecule has 0 aliphatic carbocycles. The predicted octanol–water partition coefficient (Wildman–Crippen LogP) is 6.91. The molecule has 0 radical (unpaired) electrons. The lowest BCUT2D eigenvalue weighted by Gasteiger charge is -2.25. The van der Waals surface area contributed by atoms with E-state index in [4.69, 9.17) is 4.74 Å². The van der Waals surface area contributed by atoms with Crippen LogP contribution in [0.1, 0.15) is 11.1 Å². The molecule has 32 heavy (non-hydrogen) atoms. The molecule has 2 heterocycles. The molecule has 0 atom stereocenters. The van der Waals surface area contributed by atoms with Gasteiger partial charge < -0.3 is 4.74 Å². The third-order valence-corrected chi connectivity index (χ3v) is 9.24. The average molecular weight is 435 g/mol. The Morgan fingerprint density at radius 1 is 0.781 bits per heavy atom. The lowest BCUT2D eigenvalue weighted by molar-refractivity contribution is -0.659. The van der Waals surface area contributed by atoms with Gasteiger partial charge in [-0.1, -0.05) is 67.3 Å². The standard InChI is InChI=1S/C29H28NOSi/c1-17-21-9-7-8-10-22(21)18(2)29-26(17)28-27-23(13-14-30(28)3)24-16-20(32(4,5)6)12-11-19(24)15-25(27)31-29/h7-16H,1-6H3/q+1. The van der Waals surface area contributed by atoms with E-state index < -0.39 is 8.07 Å². The first-order chi connectivity index (χ1) is 15.3. The molecule has 1 aliphatic rings. The molecule has 0 amide bonds. The monoisotopic (exact) mass is 434 g/mol. The van der Waals surface area contributed by atoms with E-state index in [2.05, 4.69) is 106 Å². The molecule has 4 aromatic carbocycles. The highest BCUT2D eigenvalue weighted by molar-refractivity contribution is 6.88. The van der Waals surface area contributed by atoms with Gasteiger partial charge >= 0.3 is 0 Å². The van der Waals surface area contributed by atoms with E-state index in [-0.39, 0.29) is 0 Å². The molecule has 1 aliphatic heterocycles. The van der Waals surface area contributed by atoms with Crippen molar-refractivity contribution >= 4 is 45.6 Å². The van der Waals surface area contributed by atoms with E-state index in [9.17, 15) is 0 Å². The lowest BCUT2D eigenvalue weighted by Crippen LogP contribution is -2.37. The molecule has 3 heteroatoms. The largest absolute Gasteiger partial charge is 0.455 e. The van der Waals surface area contributed by atoms with E-state index in [0.717, 1.165) is 11.5 Å². The van der Waals surface area contributed by atoms with Gasteiger partial charge in [0.25, 0.3) is 0 Å². The van der Waals surface area contributed by atoms with E-state index in [1.807, 2.05) is 0 Å². The molecule has 2 nitrogen and oxygen atoms in total. The topological polar surface area (TPSA) is 13.1 Å². The Hall–Kier alpha value is -3.17. The molecule has 5 aromatic rings. The summed E-state index contributed by atoms with van der Waals surface area (Å²) in [6.07, 6.45) is 2.21. The molecular formula is C29H28NOSi+. The minimum atomic E-state index is -1.41. The number of aryl methyl sites for hydroxylation is 3. The fraction of sp³-hybridized carbons (Fsp3) is 0.207. The van der Waals surface area contributed by atoms with Crippen LogP contribution < -0.4 is 14.5 Å². The van der Waals surface area contributed by atoms with Gasteiger partial charge in [0, 0.05) is 17.0 Å². The van der Waals surface area contributed by atoms with Gasteiger partial charge in [-0.2, -0.15) is 0 Å². The zero-order valence-corrected chi connectivity index (χ0v) is 20.6. The Bertz CT molecular complexity index is 1610. The second-order valence-electron chi connectivity index (χ2n) is 10.2. The van der Waals surface area contributed by atoms with Crippen LogP contribution in [0.25, 0.3) is 43.6 Å². The van der Waals surface area contributed by atoms with Crippen molar-refractivity contribution in [2.45, 2.75) is 33.5 Å². The Morgan fingerprint density at radius 2 is 1.50 bits per heavy atom. The second-order valence-corrected chi connectivity index (χ2v) is 15.3. The van der Waals surface area contributed by atoms with Crippen molar-refractivity contribution in [1.82, 2.24) is 0 Å². The van der Waals surface area contributed by atoms with Crippen molar-refractivity contribution in [2.75, 3.05) is 0 Å². The Morgan fingerprint density at radius 3 is 2.22 bits per heavy atom. The molecule has 6 rings (SSSR count). The van der Waals surface area contributed by atoms with Gasteiger partial charge in [0.1, 0.15) is 18.5 Å². The number of hydrogen-bond acceptors (Lipinski definition) is 1. The molecule has 0 spiro atoms. The third-order valence-electron chi connectivity index (χ3n) is 7.19. The maximum atomic E-state index is 6.73. The number of fused-ring (bicyclic) bond motifs is 5. The molecule has 0 fully saturated rings. The van der Waals surface area contributed by atoms with Gasteiger partial charge in [-0.15, -0.1) is 0 Å². The van der Waals surface area contributed by atoms with Crippen molar-refractivity contribution in [3.63, 3.8) is 0 Å². The summed E-state index contributed by atoms with van der Waals surface area (Å²) >= 11 is 0. The number of hydrogen-bond donors (Lipinski definition) is 0. The molecular weight excluding hydrogens is 406 g/mol. The number of rotatable bonds is 1. The number of aromatic nitrogens is 1. The van der Waals surface area contributed by atoms with E-state index in [1.165, 1.54) is 59.9 Å². The lowest BCUT2D eigenvalue weighted by atomic mass is 9.88. The van der Waals surface area contributed by atoms with Crippen LogP contribution in [0.4, 0.5) is 0 Å². The summed E-state index contributed by atoms with van der Waals surface area (Å²) in [5.41, 5.74) is 4.97. The van der Waals surface area contributed by atoms with E-state index >= 15 is 0 Å². The predicted molar refractivity (Wildman–Crippen MR) is 138 cm³/mol. The van der Waals surface area contributed by atoms with Crippen molar-refractivity contribution in [3.8, 4) is 22.8 Å². The molecule has 0 N–H and O–H groups in total. The quantitative estimate of drug-likeness (QED) is 0.156. The van der Waals surface area contributed by atoms with Crippen LogP contribution in [0, 0.1) is 13.8 Å². The molecule has 0 saturated carbocycles. The summed E-state index contributed by atoms with van der Waals surface area (Å²) < 4.78 is 8.99. The van der Waals surface area contributed by atoms with E-state index in [1.54, 1.807) is 0 Å². The van der Waals surface area contributed by atoms with Crippen molar-refractivity contribution < 1.29 is 9.30 Å². The summed E-state index contributed by atoms with van der Waals surface area (Å²) in [5.74, 6) is 1.96. The van der Waals surface area contributed by atoms with Crippen molar-refractivity contribution in [3.05, 3.63) is 71.9 Å². The van der Waals surface area contributed by atoms with Crippen molar-refractivity contribution in [2.24, 2.45) is 7.05 Å². The van der Waals surface area contributed by atoms with Crippen LogP contribution in [0.3, 0.4) is 0 Å². The molecule has 158 valence electrons. The highest BCUT2D eigenvalue weighted by Crippen LogP contribution is 2.51. The molecule has 0 saturated heterocycles. The minimum absolute atomic E-state index is 0.963. The zero-order valence-electron chi connectivity index (χ0n) is 19.6. The van der Waals surface area contributed by atoms with Gasteiger partial charge in [-0.25, -0.2) is 4.57 Å². The first-order valence-electron chi connectivity index (χ1n) is 11.4. The summed E-state index contributed by atoms with van der Waals surface area (Å²) in [6.45, 7) is 11.7. The number of nitrogens with zero attached hydrogens (tertiary/aromatic N) is 1. The van der Waals surface area contributed by atoms with Gasteiger partial charge in [-0.05, 0) is 47.0 Å². The first kappa shape index (κ1) is 19.5. The first-order valence-corrected chi connectivity index (χ1v) is 14.9. The maximum Gasteiger partial charge on any atom is 0.228 e. The maximum absolute atomic E-state index is 6.73. The number of ether oxygens (including phenoxy) is 1. The van der Waals surface area contributed by atoms with Crippen LogP contribution in [-0.2, 0) is 7.05 Å².